The highest BCUT2D eigenvalue weighted by atomic mass is 16.5. The number of methoxy groups -OCH3 is 1. The van der Waals surface area contributed by atoms with Crippen LogP contribution in [0.4, 0.5) is 0 Å². The van der Waals surface area contributed by atoms with Crippen LogP contribution in [-0.4, -0.2) is 37.0 Å². The quantitative estimate of drug-likeness (QED) is 0.912. The highest BCUT2D eigenvalue weighted by molar-refractivity contribution is 5.81. The molecular weight excluding hydrogens is 252 g/mol. The lowest BCUT2D eigenvalue weighted by Gasteiger charge is -2.33. The molecule has 1 saturated heterocycles. The third-order valence-corrected chi connectivity index (χ3v) is 4.00. The Morgan fingerprint density at radius 2 is 1.95 bits per heavy atom. The van der Waals surface area contributed by atoms with Crippen LogP contribution in [0.3, 0.4) is 0 Å². The number of ether oxygens (including phenoxy) is 1. The second kappa shape index (κ2) is 6.75. The van der Waals surface area contributed by atoms with E-state index in [9.17, 15) is 4.79 Å². The average Bonchev–Trinajstić information content (AvgIpc) is 2.48. The topological polar surface area (TPSA) is 55.6 Å². The molecule has 110 valence electrons. The third kappa shape index (κ3) is 3.73. The third-order valence-electron chi connectivity index (χ3n) is 4.00. The molecule has 4 nitrogen and oxygen atoms in total. The van der Waals surface area contributed by atoms with Gasteiger partial charge in [0.1, 0.15) is 5.75 Å². The molecule has 1 fully saturated rings. The van der Waals surface area contributed by atoms with Gasteiger partial charge in [-0.15, -0.1) is 0 Å². The van der Waals surface area contributed by atoms with E-state index in [2.05, 4.69) is 12.1 Å². The Bertz CT molecular complexity index is 434. The van der Waals surface area contributed by atoms with Crippen LogP contribution in [0.25, 0.3) is 0 Å². The summed E-state index contributed by atoms with van der Waals surface area (Å²) in [4.78, 5) is 13.7. The van der Waals surface area contributed by atoms with E-state index >= 15 is 0 Å². The molecule has 1 heterocycles. The first-order chi connectivity index (χ1) is 9.60. The first-order valence-corrected chi connectivity index (χ1v) is 7.27. The summed E-state index contributed by atoms with van der Waals surface area (Å²) in [5, 5.41) is 0. The first kappa shape index (κ1) is 14.9. The number of nitrogens with two attached hydrogens (primary N) is 1. The number of piperidine rings is 1. The van der Waals surface area contributed by atoms with Crippen molar-refractivity contribution in [2.24, 2.45) is 11.7 Å². The Morgan fingerprint density at radius 1 is 1.35 bits per heavy atom. The van der Waals surface area contributed by atoms with Gasteiger partial charge in [0.05, 0.1) is 13.2 Å². The molecule has 1 aliphatic rings. The summed E-state index contributed by atoms with van der Waals surface area (Å²) in [6.07, 6.45) is 3.19. The monoisotopic (exact) mass is 276 g/mol. The minimum Gasteiger partial charge on any atom is -0.497 e. The largest absolute Gasteiger partial charge is 0.497 e. The molecule has 2 rings (SSSR count). The van der Waals surface area contributed by atoms with E-state index in [1.807, 2.05) is 17.0 Å². The molecule has 1 aliphatic heterocycles. The van der Waals surface area contributed by atoms with E-state index in [4.69, 9.17) is 10.5 Å². The molecular formula is C16H24N2O2. The molecule has 1 aromatic rings. The van der Waals surface area contributed by atoms with E-state index in [1.165, 1.54) is 5.56 Å². The van der Waals surface area contributed by atoms with Gasteiger partial charge in [0.2, 0.25) is 5.91 Å². The fourth-order valence-corrected chi connectivity index (χ4v) is 2.74. The number of rotatable bonds is 4. The van der Waals surface area contributed by atoms with E-state index < -0.39 is 0 Å². The zero-order chi connectivity index (χ0) is 14.5. The SMILES string of the molecule is COc1ccc(CC2CCN(C(=O)[C@@H](C)N)CC2)cc1. The van der Waals surface area contributed by atoms with E-state index in [-0.39, 0.29) is 11.9 Å². The zero-order valence-electron chi connectivity index (χ0n) is 12.3. The smallest absolute Gasteiger partial charge is 0.239 e. The van der Waals surface area contributed by atoms with Crippen molar-refractivity contribution < 1.29 is 9.53 Å². The molecule has 1 aromatic carbocycles. The molecule has 0 radical (unpaired) electrons. The van der Waals surface area contributed by atoms with Crippen molar-refractivity contribution in [3.05, 3.63) is 29.8 Å². The minimum atomic E-state index is -0.381. The van der Waals surface area contributed by atoms with Crippen molar-refractivity contribution >= 4 is 5.91 Å². The lowest BCUT2D eigenvalue weighted by atomic mass is 9.90. The molecule has 0 aliphatic carbocycles. The predicted molar refractivity (Wildman–Crippen MR) is 79.7 cm³/mol. The maximum atomic E-state index is 11.8. The van der Waals surface area contributed by atoms with Gasteiger partial charge in [0.15, 0.2) is 0 Å². The van der Waals surface area contributed by atoms with E-state index in [1.54, 1.807) is 14.0 Å². The van der Waals surface area contributed by atoms with Gasteiger partial charge < -0.3 is 15.4 Å². The number of hydrogen-bond acceptors (Lipinski definition) is 3. The van der Waals surface area contributed by atoms with Crippen molar-refractivity contribution in [3.8, 4) is 5.75 Å². The second-order valence-corrected chi connectivity index (χ2v) is 5.61. The number of hydrogen-bond donors (Lipinski definition) is 1. The molecule has 20 heavy (non-hydrogen) atoms. The van der Waals surface area contributed by atoms with Crippen LogP contribution < -0.4 is 10.5 Å². The summed E-state index contributed by atoms with van der Waals surface area (Å²) >= 11 is 0. The fraction of sp³-hybridized carbons (Fsp3) is 0.562. The number of carbonyl (C=O) groups is 1. The standard InChI is InChI=1S/C16H24N2O2/c1-12(17)16(19)18-9-7-14(8-10-18)11-13-3-5-15(20-2)6-4-13/h3-6,12,14H,7-11,17H2,1-2H3/t12-/m1/s1. The molecule has 0 bridgehead atoms. The fourth-order valence-electron chi connectivity index (χ4n) is 2.74. The zero-order valence-corrected chi connectivity index (χ0v) is 12.3. The van der Waals surface area contributed by atoms with Gasteiger partial charge in [-0.25, -0.2) is 0 Å². The summed E-state index contributed by atoms with van der Waals surface area (Å²) in [5.41, 5.74) is 6.99. The highest BCUT2D eigenvalue weighted by Crippen LogP contribution is 2.23. The van der Waals surface area contributed by atoms with E-state index in [0.29, 0.717) is 5.92 Å². The normalized spacial score (nSPS) is 17.9. The van der Waals surface area contributed by atoms with Crippen LogP contribution >= 0.6 is 0 Å². The Kier molecular flexibility index (Phi) is 5.01. The molecule has 0 spiro atoms. The van der Waals surface area contributed by atoms with Gasteiger partial charge >= 0.3 is 0 Å². The highest BCUT2D eigenvalue weighted by Gasteiger charge is 2.24. The van der Waals surface area contributed by atoms with Gasteiger partial charge in [-0.3, -0.25) is 4.79 Å². The van der Waals surface area contributed by atoms with Crippen LogP contribution in [0.15, 0.2) is 24.3 Å². The predicted octanol–water partition coefficient (Wildman–Crippen LogP) is 1.82. The molecule has 0 aromatic heterocycles. The van der Waals surface area contributed by atoms with Gasteiger partial charge in [0.25, 0.3) is 0 Å². The number of nitrogens with zero attached hydrogens (tertiary/aromatic N) is 1. The van der Waals surface area contributed by atoms with Crippen molar-refractivity contribution in [1.82, 2.24) is 4.90 Å². The van der Waals surface area contributed by atoms with Crippen LogP contribution in [0, 0.1) is 5.92 Å². The number of carbonyl (C=O) groups excluding carboxylic acids is 1. The Hall–Kier alpha value is -1.55. The maximum absolute atomic E-state index is 11.8. The van der Waals surface area contributed by atoms with Gasteiger partial charge in [-0.05, 0) is 49.8 Å². The second-order valence-electron chi connectivity index (χ2n) is 5.61. The van der Waals surface area contributed by atoms with E-state index in [0.717, 1.165) is 38.1 Å². The van der Waals surface area contributed by atoms with Crippen molar-refractivity contribution in [1.29, 1.82) is 0 Å². The Labute approximate surface area is 120 Å². The Morgan fingerprint density at radius 3 is 2.45 bits per heavy atom. The molecule has 1 amide bonds. The van der Waals surface area contributed by atoms with Crippen LogP contribution in [0.1, 0.15) is 25.3 Å². The molecule has 0 saturated carbocycles. The molecule has 1 atom stereocenters. The minimum absolute atomic E-state index is 0.0768. The Balaban J connectivity index is 1.83. The summed E-state index contributed by atoms with van der Waals surface area (Å²) in [6.45, 7) is 3.42. The molecule has 4 heteroatoms. The maximum Gasteiger partial charge on any atom is 0.239 e. The number of amides is 1. The summed E-state index contributed by atoms with van der Waals surface area (Å²) in [5.74, 6) is 1.62. The lowest BCUT2D eigenvalue weighted by molar-refractivity contribution is -0.133. The van der Waals surface area contributed by atoms with Gasteiger partial charge in [-0.2, -0.15) is 0 Å². The first-order valence-electron chi connectivity index (χ1n) is 7.27. The summed E-state index contributed by atoms with van der Waals surface area (Å²) in [7, 11) is 1.68. The number of benzene rings is 1. The average molecular weight is 276 g/mol. The summed E-state index contributed by atoms with van der Waals surface area (Å²) < 4.78 is 5.17. The molecule has 2 N–H and O–H groups in total. The van der Waals surface area contributed by atoms with Gasteiger partial charge in [0, 0.05) is 13.1 Å². The van der Waals surface area contributed by atoms with Crippen molar-refractivity contribution in [2.75, 3.05) is 20.2 Å². The van der Waals surface area contributed by atoms with Crippen molar-refractivity contribution in [3.63, 3.8) is 0 Å². The van der Waals surface area contributed by atoms with Crippen LogP contribution in [0.2, 0.25) is 0 Å². The summed E-state index contributed by atoms with van der Waals surface area (Å²) in [6, 6.07) is 7.87. The van der Waals surface area contributed by atoms with Crippen LogP contribution in [0.5, 0.6) is 5.75 Å². The molecule has 0 unspecified atom stereocenters. The lowest BCUT2D eigenvalue weighted by Crippen LogP contribution is -2.46. The number of likely N-dealkylation sites (tertiary alicyclic amines) is 1. The van der Waals surface area contributed by atoms with Gasteiger partial charge in [-0.1, -0.05) is 12.1 Å². The van der Waals surface area contributed by atoms with Crippen molar-refractivity contribution in [2.45, 2.75) is 32.2 Å². The van der Waals surface area contributed by atoms with Crippen LogP contribution in [-0.2, 0) is 11.2 Å².